The summed E-state index contributed by atoms with van der Waals surface area (Å²) < 4.78 is 12.9. The molecule has 0 aliphatic rings. The van der Waals surface area contributed by atoms with Crippen LogP contribution in [0.1, 0.15) is 18.2 Å². The number of ether oxygens (including phenoxy) is 2. The molecule has 2 rings (SSSR count). The Kier molecular flexibility index (Phi) is 4.52. The Balaban J connectivity index is 2.15. The van der Waals surface area contributed by atoms with Crippen LogP contribution in [-0.4, -0.2) is 26.6 Å². The van der Waals surface area contributed by atoms with Crippen LogP contribution < -0.4 is 15.2 Å². The van der Waals surface area contributed by atoms with E-state index in [0.717, 1.165) is 11.3 Å². The minimum atomic E-state index is 0.320. The molecule has 0 fully saturated rings. The summed E-state index contributed by atoms with van der Waals surface area (Å²) in [5.41, 5.74) is 7.10. The smallest absolute Gasteiger partial charge is 0.161 e. The fourth-order valence-corrected chi connectivity index (χ4v) is 1.79. The van der Waals surface area contributed by atoms with Gasteiger partial charge in [0, 0.05) is 12.6 Å². The largest absolute Gasteiger partial charge is 0.490 e. The summed E-state index contributed by atoms with van der Waals surface area (Å²) >= 11 is 4.95. The summed E-state index contributed by atoms with van der Waals surface area (Å²) in [5, 5.41) is 7.81. The van der Waals surface area contributed by atoms with Gasteiger partial charge in [-0.15, -0.1) is 5.10 Å². The van der Waals surface area contributed by atoms with Crippen LogP contribution in [0.25, 0.3) is 0 Å². The molecule has 106 valence electrons. The van der Waals surface area contributed by atoms with Gasteiger partial charge in [0.25, 0.3) is 0 Å². The second kappa shape index (κ2) is 6.33. The highest BCUT2D eigenvalue weighted by Crippen LogP contribution is 2.29. The van der Waals surface area contributed by atoms with Crippen LogP contribution in [0.4, 0.5) is 0 Å². The van der Waals surface area contributed by atoms with Gasteiger partial charge in [0.1, 0.15) is 17.3 Å². The Morgan fingerprint density at radius 2 is 2.15 bits per heavy atom. The van der Waals surface area contributed by atoms with E-state index in [0.29, 0.717) is 29.7 Å². The maximum Gasteiger partial charge on any atom is 0.161 e. The first-order valence-electron chi connectivity index (χ1n) is 6.14. The lowest BCUT2D eigenvalue weighted by Gasteiger charge is -2.12. The molecule has 0 aliphatic heterocycles. The van der Waals surface area contributed by atoms with Crippen molar-refractivity contribution in [1.29, 1.82) is 0 Å². The number of nitrogens with zero attached hydrogens (tertiary/aromatic N) is 3. The zero-order chi connectivity index (χ0) is 14.5. The van der Waals surface area contributed by atoms with E-state index in [1.807, 2.05) is 6.92 Å². The Morgan fingerprint density at radius 3 is 2.75 bits per heavy atom. The number of rotatable bonds is 6. The normalized spacial score (nSPS) is 10.3. The minimum Gasteiger partial charge on any atom is -0.490 e. The molecule has 20 heavy (non-hydrogen) atoms. The predicted molar refractivity (Wildman–Crippen MR) is 78.8 cm³/mol. The third-order valence-electron chi connectivity index (χ3n) is 2.55. The van der Waals surface area contributed by atoms with E-state index in [9.17, 15) is 0 Å². The van der Waals surface area contributed by atoms with E-state index in [4.69, 9.17) is 27.4 Å². The number of hydrogen-bond acceptors (Lipinski definition) is 5. The molecule has 0 spiro atoms. The van der Waals surface area contributed by atoms with Crippen molar-refractivity contribution in [1.82, 2.24) is 15.0 Å². The molecule has 0 saturated heterocycles. The lowest BCUT2D eigenvalue weighted by molar-refractivity contribution is 0.266. The van der Waals surface area contributed by atoms with E-state index in [2.05, 4.69) is 10.3 Å². The number of hydrogen-bond donors (Lipinski definition) is 1. The molecule has 2 aromatic rings. The SMILES string of the molecule is CCOc1cc(C(N)=S)ccc1OCc1cn(C)nn1. The summed E-state index contributed by atoms with van der Waals surface area (Å²) in [7, 11) is 1.80. The zero-order valence-electron chi connectivity index (χ0n) is 11.4. The molecule has 6 nitrogen and oxygen atoms in total. The van der Waals surface area contributed by atoms with Crippen LogP contribution in [-0.2, 0) is 13.7 Å². The van der Waals surface area contributed by atoms with E-state index in [1.165, 1.54) is 0 Å². The quantitative estimate of drug-likeness (QED) is 0.812. The van der Waals surface area contributed by atoms with Gasteiger partial charge >= 0.3 is 0 Å². The standard InChI is InChI=1S/C13H16N4O2S/c1-3-18-12-6-9(13(14)20)4-5-11(12)19-8-10-7-17(2)16-15-10/h4-7H,3,8H2,1-2H3,(H2,14,20). The number of nitrogens with two attached hydrogens (primary N) is 1. The van der Waals surface area contributed by atoms with Crippen LogP contribution in [0.15, 0.2) is 24.4 Å². The van der Waals surface area contributed by atoms with Crippen LogP contribution in [0.2, 0.25) is 0 Å². The molecule has 1 aromatic heterocycles. The molecular formula is C13H16N4O2S. The van der Waals surface area contributed by atoms with Crippen molar-refractivity contribution in [2.75, 3.05) is 6.61 Å². The van der Waals surface area contributed by atoms with Gasteiger partial charge in [0.05, 0.1) is 12.8 Å². The molecule has 1 heterocycles. The van der Waals surface area contributed by atoms with Gasteiger partial charge in [-0.3, -0.25) is 4.68 Å². The van der Waals surface area contributed by atoms with Crippen molar-refractivity contribution >= 4 is 17.2 Å². The number of aryl methyl sites for hydroxylation is 1. The first-order valence-corrected chi connectivity index (χ1v) is 6.55. The first-order chi connectivity index (χ1) is 9.60. The monoisotopic (exact) mass is 292 g/mol. The van der Waals surface area contributed by atoms with Gasteiger partial charge in [-0.2, -0.15) is 0 Å². The lowest BCUT2D eigenvalue weighted by atomic mass is 10.2. The van der Waals surface area contributed by atoms with Crippen molar-refractivity contribution in [3.63, 3.8) is 0 Å². The first kappa shape index (κ1) is 14.3. The summed E-state index contributed by atoms with van der Waals surface area (Å²) in [6, 6.07) is 5.37. The summed E-state index contributed by atoms with van der Waals surface area (Å²) in [5.74, 6) is 1.24. The summed E-state index contributed by atoms with van der Waals surface area (Å²) in [4.78, 5) is 0.325. The van der Waals surface area contributed by atoms with Gasteiger partial charge in [-0.05, 0) is 25.1 Å². The molecule has 7 heteroatoms. The van der Waals surface area contributed by atoms with E-state index in [1.54, 1.807) is 36.1 Å². The molecule has 2 N–H and O–H groups in total. The average Bonchev–Trinajstić information content (AvgIpc) is 2.83. The molecule has 1 aromatic carbocycles. The molecule has 0 radical (unpaired) electrons. The molecule has 0 atom stereocenters. The third kappa shape index (κ3) is 3.45. The van der Waals surface area contributed by atoms with Gasteiger partial charge in [-0.25, -0.2) is 0 Å². The zero-order valence-corrected chi connectivity index (χ0v) is 12.2. The highest BCUT2D eigenvalue weighted by Gasteiger charge is 2.09. The minimum absolute atomic E-state index is 0.320. The van der Waals surface area contributed by atoms with Crippen LogP contribution >= 0.6 is 12.2 Å². The van der Waals surface area contributed by atoms with Gasteiger partial charge < -0.3 is 15.2 Å². The topological polar surface area (TPSA) is 75.2 Å². The van der Waals surface area contributed by atoms with Crippen LogP contribution in [0.3, 0.4) is 0 Å². The van der Waals surface area contributed by atoms with Crippen molar-refractivity contribution in [3.8, 4) is 11.5 Å². The summed E-state index contributed by atoms with van der Waals surface area (Å²) in [6.07, 6.45) is 1.80. The molecule has 0 aliphatic carbocycles. The maximum absolute atomic E-state index is 5.70. The van der Waals surface area contributed by atoms with Crippen molar-refractivity contribution in [2.24, 2.45) is 12.8 Å². The Morgan fingerprint density at radius 1 is 1.35 bits per heavy atom. The fraction of sp³-hybridized carbons (Fsp3) is 0.308. The van der Waals surface area contributed by atoms with Crippen molar-refractivity contribution < 1.29 is 9.47 Å². The molecule has 0 bridgehead atoms. The molecule has 0 unspecified atom stereocenters. The molecule has 0 amide bonds. The Bertz CT molecular complexity index is 612. The van der Waals surface area contributed by atoms with Crippen molar-refractivity contribution in [2.45, 2.75) is 13.5 Å². The number of aromatic nitrogens is 3. The maximum atomic E-state index is 5.70. The average molecular weight is 292 g/mol. The van der Waals surface area contributed by atoms with E-state index >= 15 is 0 Å². The highest BCUT2D eigenvalue weighted by molar-refractivity contribution is 7.80. The Hall–Kier alpha value is -2.15. The predicted octanol–water partition coefficient (Wildman–Crippen LogP) is 1.43. The lowest BCUT2D eigenvalue weighted by Crippen LogP contribution is -2.10. The Labute approximate surface area is 122 Å². The fourth-order valence-electron chi connectivity index (χ4n) is 1.66. The van der Waals surface area contributed by atoms with Crippen molar-refractivity contribution in [3.05, 3.63) is 35.7 Å². The highest BCUT2D eigenvalue weighted by atomic mass is 32.1. The van der Waals surface area contributed by atoms with Gasteiger partial charge in [-0.1, -0.05) is 17.4 Å². The van der Waals surface area contributed by atoms with Crippen LogP contribution in [0.5, 0.6) is 11.5 Å². The molecular weight excluding hydrogens is 276 g/mol. The molecule has 0 saturated carbocycles. The van der Waals surface area contributed by atoms with E-state index in [-0.39, 0.29) is 0 Å². The van der Waals surface area contributed by atoms with Gasteiger partial charge in [0.15, 0.2) is 11.5 Å². The number of thiocarbonyl (C=S) groups is 1. The third-order valence-corrected chi connectivity index (χ3v) is 2.79. The van der Waals surface area contributed by atoms with E-state index < -0.39 is 0 Å². The number of benzene rings is 1. The second-order valence-corrected chi connectivity index (χ2v) is 4.57. The summed E-state index contributed by atoms with van der Waals surface area (Å²) in [6.45, 7) is 2.75. The van der Waals surface area contributed by atoms with Gasteiger partial charge in [0.2, 0.25) is 0 Å². The second-order valence-electron chi connectivity index (χ2n) is 4.13. The van der Waals surface area contributed by atoms with Crippen LogP contribution in [0, 0.1) is 0 Å².